The normalized spacial score (nSPS) is 9.86. The van der Waals surface area contributed by atoms with Crippen molar-refractivity contribution in [2.45, 2.75) is 26.2 Å². The summed E-state index contributed by atoms with van der Waals surface area (Å²) in [5, 5.41) is 0. The Kier molecular flexibility index (Phi) is 4.11. The summed E-state index contributed by atoms with van der Waals surface area (Å²) < 4.78 is 4.63. The number of nitrogens with zero attached hydrogens (tertiary/aromatic N) is 1. The van der Waals surface area contributed by atoms with Crippen LogP contribution in [0, 0.1) is 0 Å². The van der Waals surface area contributed by atoms with Crippen LogP contribution in [0.15, 0.2) is 18.3 Å². The van der Waals surface area contributed by atoms with Crippen LogP contribution in [0.2, 0.25) is 0 Å². The number of rotatable bonds is 4. The number of hydrogen-bond donors (Lipinski definition) is 0. The van der Waals surface area contributed by atoms with Crippen LogP contribution >= 0.6 is 0 Å². The van der Waals surface area contributed by atoms with E-state index in [4.69, 9.17) is 0 Å². The summed E-state index contributed by atoms with van der Waals surface area (Å²) in [7, 11) is 1.38. The number of carbonyl (C=O) groups is 1. The molecule has 0 aliphatic carbocycles. The Labute approximate surface area is 84.1 Å². The average molecular weight is 193 g/mol. The maximum atomic E-state index is 11.2. The fourth-order valence-electron chi connectivity index (χ4n) is 1.22. The smallest absolute Gasteiger partial charge is 0.337 e. The van der Waals surface area contributed by atoms with E-state index in [1.807, 2.05) is 0 Å². The van der Waals surface area contributed by atoms with E-state index in [2.05, 4.69) is 16.6 Å². The van der Waals surface area contributed by atoms with Gasteiger partial charge in [-0.2, -0.15) is 0 Å². The van der Waals surface area contributed by atoms with Gasteiger partial charge in [-0.25, -0.2) is 4.79 Å². The lowest BCUT2D eigenvalue weighted by atomic mass is 10.1. The van der Waals surface area contributed by atoms with Gasteiger partial charge in [0.2, 0.25) is 0 Å². The molecular formula is C11H15NO2. The van der Waals surface area contributed by atoms with Gasteiger partial charge in [0.15, 0.2) is 0 Å². The van der Waals surface area contributed by atoms with E-state index in [1.54, 1.807) is 18.3 Å². The van der Waals surface area contributed by atoms with Gasteiger partial charge < -0.3 is 4.74 Å². The summed E-state index contributed by atoms with van der Waals surface area (Å²) in [6, 6.07) is 3.46. The van der Waals surface area contributed by atoms with Gasteiger partial charge in [-0.15, -0.1) is 0 Å². The second-order valence-corrected chi connectivity index (χ2v) is 3.13. The molecule has 1 aromatic rings. The highest BCUT2D eigenvalue weighted by Crippen LogP contribution is 2.06. The Morgan fingerprint density at radius 2 is 2.36 bits per heavy atom. The first-order valence-corrected chi connectivity index (χ1v) is 4.81. The van der Waals surface area contributed by atoms with E-state index in [0.29, 0.717) is 5.56 Å². The van der Waals surface area contributed by atoms with Crippen molar-refractivity contribution in [3.8, 4) is 0 Å². The molecule has 1 aromatic heterocycles. The summed E-state index contributed by atoms with van der Waals surface area (Å²) in [6.07, 6.45) is 4.79. The number of esters is 1. The standard InChI is InChI=1S/C11H15NO2/c1-3-4-5-10-8-9(6-7-12-10)11(13)14-2/h6-8H,3-5H2,1-2H3. The largest absolute Gasteiger partial charge is 0.465 e. The fraction of sp³-hybridized carbons (Fsp3) is 0.455. The van der Waals surface area contributed by atoms with Gasteiger partial charge in [-0.3, -0.25) is 4.98 Å². The van der Waals surface area contributed by atoms with Crippen molar-refractivity contribution in [3.05, 3.63) is 29.6 Å². The third-order valence-corrected chi connectivity index (χ3v) is 2.02. The van der Waals surface area contributed by atoms with Crippen LogP contribution in [0.1, 0.15) is 35.8 Å². The second kappa shape index (κ2) is 5.37. The maximum Gasteiger partial charge on any atom is 0.337 e. The summed E-state index contributed by atoms with van der Waals surface area (Å²) in [5.74, 6) is -0.301. The number of pyridine rings is 1. The molecular weight excluding hydrogens is 178 g/mol. The highest BCUT2D eigenvalue weighted by atomic mass is 16.5. The van der Waals surface area contributed by atoms with Crippen LogP contribution in [0.4, 0.5) is 0 Å². The molecule has 0 unspecified atom stereocenters. The fourth-order valence-corrected chi connectivity index (χ4v) is 1.22. The van der Waals surface area contributed by atoms with Crippen LogP contribution in [0.25, 0.3) is 0 Å². The van der Waals surface area contributed by atoms with Crippen LogP contribution < -0.4 is 0 Å². The third kappa shape index (κ3) is 2.83. The molecule has 3 nitrogen and oxygen atoms in total. The van der Waals surface area contributed by atoms with E-state index in [-0.39, 0.29) is 5.97 Å². The van der Waals surface area contributed by atoms with E-state index < -0.39 is 0 Å². The number of unbranched alkanes of at least 4 members (excludes halogenated alkanes) is 1. The van der Waals surface area contributed by atoms with Gasteiger partial charge in [-0.1, -0.05) is 13.3 Å². The lowest BCUT2D eigenvalue weighted by Crippen LogP contribution is -2.02. The summed E-state index contributed by atoms with van der Waals surface area (Å²) >= 11 is 0. The minimum atomic E-state index is -0.301. The number of ether oxygens (including phenoxy) is 1. The minimum Gasteiger partial charge on any atom is -0.465 e. The van der Waals surface area contributed by atoms with Crippen molar-refractivity contribution in [2.24, 2.45) is 0 Å². The first-order valence-electron chi connectivity index (χ1n) is 4.81. The molecule has 0 amide bonds. The van der Waals surface area contributed by atoms with E-state index in [1.165, 1.54) is 7.11 Å². The Hall–Kier alpha value is -1.38. The van der Waals surface area contributed by atoms with Crippen LogP contribution in [0.3, 0.4) is 0 Å². The predicted molar refractivity (Wildman–Crippen MR) is 54.2 cm³/mol. The minimum absolute atomic E-state index is 0.301. The highest BCUT2D eigenvalue weighted by molar-refractivity contribution is 5.89. The van der Waals surface area contributed by atoms with Gasteiger partial charge in [0.05, 0.1) is 12.7 Å². The Morgan fingerprint density at radius 1 is 1.57 bits per heavy atom. The molecule has 0 bridgehead atoms. The number of aromatic nitrogens is 1. The van der Waals surface area contributed by atoms with Gasteiger partial charge in [0.1, 0.15) is 0 Å². The molecule has 0 aliphatic heterocycles. The molecule has 1 rings (SSSR count). The monoisotopic (exact) mass is 193 g/mol. The van der Waals surface area contributed by atoms with Crippen molar-refractivity contribution in [2.75, 3.05) is 7.11 Å². The summed E-state index contributed by atoms with van der Waals surface area (Å²) in [6.45, 7) is 2.13. The highest BCUT2D eigenvalue weighted by Gasteiger charge is 2.05. The molecule has 14 heavy (non-hydrogen) atoms. The van der Waals surface area contributed by atoms with Crippen LogP contribution in [-0.2, 0) is 11.2 Å². The zero-order valence-corrected chi connectivity index (χ0v) is 8.62. The van der Waals surface area contributed by atoms with E-state index >= 15 is 0 Å². The topological polar surface area (TPSA) is 39.2 Å². The van der Waals surface area contributed by atoms with Crippen LogP contribution in [-0.4, -0.2) is 18.1 Å². The number of carbonyl (C=O) groups excluding carboxylic acids is 1. The number of aryl methyl sites for hydroxylation is 1. The van der Waals surface area contributed by atoms with Gasteiger partial charge in [0, 0.05) is 11.9 Å². The van der Waals surface area contributed by atoms with Crippen molar-refractivity contribution < 1.29 is 9.53 Å². The maximum absolute atomic E-state index is 11.2. The van der Waals surface area contributed by atoms with E-state index in [0.717, 1.165) is 25.0 Å². The lowest BCUT2D eigenvalue weighted by molar-refractivity contribution is 0.0600. The van der Waals surface area contributed by atoms with Crippen molar-refractivity contribution in [3.63, 3.8) is 0 Å². The molecule has 1 heterocycles. The van der Waals surface area contributed by atoms with Crippen LogP contribution in [0.5, 0.6) is 0 Å². The molecule has 0 spiro atoms. The first-order chi connectivity index (χ1) is 6.77. The van der Waals surface area contributed by atoms with Gasteiger partial charge >= 0.3 is 5.97 Å². The van der Waals surface area contributed by atoms with Crippen molar-refractivity contribution in [1.82, 2.24) is 4.98 Å². The zero-order chi connectivity index (χ0) is 10.4. The Balaban J connectivity index is 2.73. The Bertz CT molecular complexity index is 310. The van der Waals surface area contributed by atoms with Gasteiger partial charge in [-0.05, 0) is 25.0 Å². The Morgan fingerprint density at radius 3 is 3.00 bits per heavy atom. The lowest BCUT2D eigenvalue weighted by Gasteiger charge is -2.01. The molecule has 0 aromatic carbocycles. The summed E-state index contributed by atoms with van der Waals surface area (Å²) in [4.78, 5) is 15.4. The molecule has 3 heteroatoms. The van der Waals surface area contributed by atoms with Crippen molar-refractivity contribution >= 4 is 5.97 Å². The zero-order valence-electron chi connectivity index (χ0n) is 8.62. The molecule has 0 N–H and O–H groups in total. The molecule has 0 radical (unpaired) electrons. The molecule has 0 atom stereocenters. The molecule has 0 fully saturated rings. The van der Waals surface area contributed by atoms with Crippen molar-refractivity contribution in [1.29, 1.82) is 0 Å². The number of methoxy groups -OCH3 is 1. The summed E-state index contributed by atoms with van der Waals surface area (Å²) in [5.41, 5.74) is 1.53. The predicted octanol–water partition coefficient (Wildman–Crippen LogP) is 2.21. The molecule has 0 aliphatic rings. The molecule has 0 saturated heterocycles. The SMILES string of the molecule is CCCCc1cc(C(=O)OC)ccn1. The van der Waals surface area contributed by atoms with E-state index in [9.17, 15) is 4.79 Å². The quantitative estimate of drug-likeness (QED) is 0.688. The number of hydrogen-bond acceptors (Lipinski definition) is 3. The molecule has 0 saturated carbocycles. The third-order valence-electron chi connectivity index (χ3n) is 2.02. The second-order valence-electron chi connectivity index (χ2n) is 3.13. The average Bonchev–Trinajstić information content (AvgIpc) is 2.25. The first kappa shape index (κ1) is 10.7. The van der Waals surface area contributed by atoms with Gasteiger partial charge in [0.25, 0.3) is 0 Å². The molecule has 76 valence electrons.